The average Bonchev–Trinajstić information content (AvgIpc) is 2.42. The van der Waals surface area contributed by atoms with Crippen molar-refractivity contribution in [3.8, 4) is 11.1 Å². The van der Waals surface area contributed by atoms with Crippen LogP contribution in [0.4, 0.5) is 10.1 Å². The van der Waals surface area contributed by atoms with Gasteiger partial charge < -0.3 is 5.73 Å². The molecule has 2 aromatic heterocycles. The Morgan fingerprint density at radius 3 is 2.71 bits per heavy atom. The first-order valence-electron chi connectivity index (χ1n) is 6.00. The summed E-state index contributed by atoms with van der Waals surface area (Å²) in [6.07, 6.45) is 1.60. The zero-order valence-electron chi connectivity index (χ0n) is 10.9. The molecule has 0 amide bonds. The van der Waals surface area contributed by atoms with Crippen LogP contribution in [0.15, 0.2) is 28.9 Å². The molecule has 0 spiro atoms. The Bertz CT molecular complexity index is 869. The molecule has 0 saturated heterocycles. The lowest BCUT2D eigenvalue weighted by Gasteiger charge is -2.10. The fourth-order valence-electron chi connectivity index (χ4n) is 2.08. The molecule has 21 heavy (non-hydrogen) atoms. The fourth-order valence-corrected chi connectivity index (χ4v) is 2.73. The number of pyridine rings is 1. The topological polar surface area (TPSA) is 64.7 Å². The Balaban J connectivity index is 2.27. The Morgan fingerprint density at radius 1 is 1.19 bits per heavy atom. The summed E-state index contributed by atoms with van der Waals surface area (Å²) < 4.78 is 14.1. The third-order valence-corrected chi connectivity index (χ3v) is 3.94. The van der Waals surface area contributed by atoms with Crippen LogP contribution in [0.2, 0.25) is 5.28 Å². The lowest BCUT2D eigenvalue weighted by Crippen LogP contribution is -1.96. The molecule has 2 heterocycles. The summed E-state index contributed by atoms with van der Waals surface area (Å²) in [5, 5.41) is 0.893. The number of aryl methyl sites for hydroxylation is 1. The maximum Gasteiger partial charge on any atom is 0.224 e. The molecular formula is C14H9BrClFN4. The predicted molar refractivity (Wildman–Crippen MR) is 84.6 cm³/mol. The molecule has 0 aliphatic heterocycles. The Hall–Kier alpha value is -1.79. The van der Waals surface area contributed by atoms with Crippen molar-refractivity contribution >= 4 is 44.3 Å². The van der Waals surface area contributed by atoms with E-state index in [9.17, 15) is 4.39 Å². The second kappa shape index (κ2) is 5.20. The molecule has 3 aromatic rings. The SMILES string of the molecule is Cc1nc2nc(Cl)ncc2cc1-c1cc(N)c(F)cc1Br. The van der Waals surface area contributed by atoms with Gasteiger partial charge in [0.15, 0.2) is 5.65 Å². The molecule has 0 saturated carbocycles. The van der Waals surface area contributed by atoms with Gasteiger partial charge in [-0.25, -0.2) is 14.4 Å². The maximum absolute atomic E-state index is 13.5. The van der Waals surface area contributed by atoms with Gasteiger partial charge in [-0.1, -0.05) is 15.9 Å². The molecule has 1 aromatic carbocycles. The summed E-state index contributed by atoms with van der Waals surface area (Å²) in [6, 6.07) is 4.80. The Labute approximate surface area is 133 Å². The summed E-state index contributed by atoms with van der Waals surface area (Å²) in [5.41, 5.74) is 8.58. The van der Waals surface area contributed by atoms with Crippen molar-refractivity contribution in [3.05, 3.63) is 45.7 Å². The fraction of sp³-hybridized carbons (Fsp3) is 0.0714. The number of nitrogens with two attached hydrogens (primary N) is 1. The minimum atomic E-state index is -0.466. The van der Waals surface area contributed by atoms with Crippen molar-refractivity contribution in [2.45, 2.75) is 6.92 Å². The van der Waals surface area contributed by atoms with Crippen LogP contribution in [0, 0.1) is 12.7 Å². The summed E-state index contributed by atoms with van der Waals surface area (Å²) in [7, 11) is 0. The standard InChI is InChI=1S/C14H9BrClFN4/c1-6-8(9-3-12(18)11(17)4-10(9)15)2-7-5-19-14(16)21-13(7)20-6/h2-5H,18H2,1H3. The number of fused-ring (bicyclic) bond motifs is 1. The van der Waals surface area contributed by atoms with Gasteiger partial charge in [0.2, 0.25) is 5.28 Å². The first kappa shape index (κ1) is 14.2. The van der Waals surface area contributed by atoms with Crippen LogP contribution in [0.1, 0.15) is 5.69 Å². The summed E-state index contributed by atoms with van der Waals surface area (Å²) in [6.45, 7) is 1.84. The third kappa shape index (κ3) is 2.56. The van der Waals surface area contributed by atoms with Crippen molar-refractivity contribution in [1.82, 2.24) is 15.0 Å². The van der Waals surface area contributed by atoms with Crippen LogP contribution in [0.25, 0.3) is 22.2 Å². The molecule has 7 heteroatoms. The minimum Gasteiger partial charge on any atom is -0.396 e. The third-order valence-electron chi connectivity index (χ3n) is 3.11. The van der Waals surface area contributed by atoms with Gasteiger partial charge in [0, 0.05) is 27.3 Å². The number of benzene rings is 1. The van der Waals surface area contributed by atoms with Gasteiger partial charge in [0.05, 0.1) is 5.69 Å². The number of aromatic nitrogens is 3. The largest absolute Gasteiger partial charge is 0.396 e. The molecule has 0 unspecified atom stereocenters. The molecule has 106 valence electrons. The van der Waals surface area contributed by atoms with Gasteiger partial charge >= 0.3 is 0 Å². The number of anilines is 1. The van der Waals surface area contributed by atoms with E-state index in [1.807, 2.05) is 13.0 Å². The molecule has 2 N–H and O–H groups in total. The van der Waals surface area contributed by atoms with E-state index in [-0.39, 0.29) is 11.0 Å². The van der Waals surface area contributed by atoms with Crippen molar-refractivity contribution in [2.24, 2.45) is 0 Å². The highest BCUT2D eigenvalue weighted by Crippen LogP contribution is 2.34. The predicted octanol–water partition coefficient (Wildman–Crippen LogP) is 4.14. The van der Waals surface area contributed by atoms with Crippen molar-refractivity contribution in [1.29, 1.82) is 0 Å². The van der Waals surface area contributed by atoms with Gasteiger partial charge in [-0.05, 0) is 42.3 Å². The molecule has 0 fully saturated rings. The first-order valence-corrected chi connectivity index (χ1v) is 7.17. The van der Waals surface area contributed by atoms with Gasteiger partial charge in [-0.2, -0.15) is 4.98 Å². The molecule has 0 radical (unpaired) electrons. The number of halogens is 3. The molecule has 3 rings (SSSR count). The molecule has 0 atom stereocenters. The number of nitrogen functional groups attached to an aromatic ring is 1. The van der Waals surface area contributed by atoms with Crippen LogP contribution >= 0.6 is 27.5 Å². The number of hydrogen-bond acceptors (Lipinski definition) is 4. The van der Waals surface area contributed by atoms with Gasteiger partial charge in [0.1, 0.15) is 5.82 Å². The van der Waals surface area contributed by atoms with E-state index in [0.717, 1.165) is 22.2 Å². The van der Waals surface area contributed by atoms with E-state index < -0.39 is 5.82 Å². The van der Waals surface area contributed by atoms with Crippen LogP contribution in [0.3, 0.4) is 0 Å². The first-order chi connectivity index (χ1) is 9.95. The van der Waals surface area contributed by atoms with Gasteiger partial charge in [0.25, 0.3) is 0 Å². The maximum atomic E-state index is 13.5. The lowest BCUT2D eigenvalue weighted by molar-refractivity contribution is 0.632. The zero-order valence-corrected chi connectivity index (χ0v) is 13.2. The van der Waals surface area contributed by atoms with Gasteiger partial charge in [-0.3, -0.25) is 0 Å². The summed E-state index contributed by atoms with van der Waals surface area (Å²) in [5.74, 6) is -0.466. The van der Waals surface area contributed by atoms with Crippen LogP contribution in [-0.2, 0) is 0 Å². The Morgan fingerprint density at radius 2 is 1.95 bits per heavy atom. The monoisotopic (exact) mass is 366 g/mol. The van der Waals surface area contributed by atoms with Crippen molar-refractivity contribution < 1.29 is 4.39 Å². The Kier molecular flexibility index (Phi) is 3.51. The van der Waals surface area contributed by atoms with E-state index in [1.165, 1.54) is 6.07 Å². The second-order valence-corrected chi connectivity index (χ2v) is 5.72. The van der Waals surface area contributed by atoms with Crippen molar-refractivity contribution in [3.63, 3.8) is 0 Å². The van der Waals surface area contributed by atoms with E-state index >= 15 is 0 Å². The highest BCUT2D eigenvalue weighted by Gasteiger charge is 2.13. The summed E-state index contributed by atoms with van der Waals surface area (Å²) in [4.78, 5) is 12.4. The van der Waals surface area contributed by atoms with E-state index in [4.69, 9.17) is 17.3 Å². The van der Waals surface area contributed by atoms with Crippen LogP contribution in [-0.4, -0.2) is 15.0 Å². The van der Waals surface area contributed by atoms with E-state index in [2.05, 4.69) is 30.9 Å². The van der Waals surface area contributed by atoms with Gasteiger partial charge in [-0.15, -0.1) is 0 Å². The molecule has 0 aliphatic rings. The zero-order chi connectivity index (χ0) is 15.1. The lowest BCUT2D eigenvalue weighted by atomic mass is 10.0. The minimum absolute atomic E-state index is 0.0834. The smallest absolute Gasteiger partial charge is 0.224 e. The highest BCUT2D eigenvalue weighted by atomic mass is 79.9. The summed E-state index contributed by atoms with van der Waals surface area (Å²) >= 11 is 9.12. The van der Waals surface area contributed by atoms with Crippen molar-refractivity contribution in [2.75, 3.05) is 5.73 Å². The van der Waals surface area contributed by atoms with Crippen LogP contribution < -0.4 is 5.73 Å². The number of nitrogens with zero attached hydrogens (tertiary/aromatic N) is 3. The van der Waals surface area contributed by atoms with Crippen LogP contribution in [0.5, 0.6) is 0 Å². The normalized spacial score (nSPS) is 11.0. The van der Waals surface area contributed by atoms with E-state index in [0.29, 0.717) is 10.1 Å². The molecule has 4 nitrogen and oxygen atoms in total. The molecule has 0 bridgehead atoms. The molecular weight excluding hydrogens is 359 g/mol. The number of rotatable bonds is 1. The second-order valence-electron chi connectivity index (χ2n) is 4.53. The van der Waals surface area contributed by atoms with E-state index in [1.54, 1.807) is 12.3 Å². The molecule has 0 aliphatic carbocycles. The quantitative estimate of drug-likeness (QED) is 0.518. The number of hydrogen-bond donors (Lipinski definition) is 1. The highest BCUT2D eigenvalue weighted by molar-refractivity contribution is 9.10. The average molecular weight is 368 g/mol.